The summed E-state index contributed by atoms with van der Waals surface area (Å²) in [5, 5.41) is 2.70. The summed E-state index contributed by atoms with van der Waals surface area (Å²) in [6, 6.07) is 3.00. The molecule has 0 bridgehead atoms. The van der Waals surface area contributed by atoms with E-state index in [9.17, 15) is 8.78 Å². The molecular formula is C9H4BrClF2S. The van der Waals surface area contributed by atoms with Crippen molar-refractivity contribution in [2.75, 3.05) is 0 Å². The summed E-state index contributed by atoms with van der Waals surface area (Å²) in [7, 11) is 0. The highest BCUT2D eigenvalue weighted by Gasteiger charge is 2.16. The Bertz CT molecular complexity index is 481. The van der Waals surface area contributed by atoms with Gasteiger partial charge in [-0.2, -0.15) is 0 Å². The number of fused-ring (bicyclic) bond motifs is 1. The predicted molar refractivity (Wildman–Crippen MR) is 59.5 cm³/mol. The molecule has 0 fully saturated rings. The molecule has 1 heterocycles. The molecule has 0 spiro atoms. The third kappa shape index (κ3) is 1.66. The number of hydrogen-bond acceptors (Lipinski definition) is 1. The lowest BCUT2D eigenvalue weighted by Crippen LogP contribution is -1.85. The van der Waals surface area contributed by atoms with Crippen LogP contribution < -0.4 is 0 Å². The Morgan fingerprint density at radius 1 is 1.36 bits per heavy atom. The smallest absolute Gasteiger partial charge is 0.205 e. The highest BCUT2D eigenvalue weighted by atomic mass is 79.9. The molecule has 0 saturated heterocycles. The SMILES string of the molecule is FC(F)c1cc(Cl)cc2scc(Br)c12. The molecule has 2 rings (SSSR count). The minimum Gasteiger partial charge on any atom is -0.205 e. The molecule has 0 aliphatic rings. The van der Waals surface area contributed by atoms with Crippen molar-refractivity contribution in [1.29, 1.82) is 0 Å². The summed E-state index contributed by atoms with van der Waals surface area (Å²) in [5.41, 5.74) is -0.0133. The van der Waals surface area contributed by atoms with E-state index in [0.717, 1.165) is 4.70 Å². The van der Waals surface area contributed by atoms with Crippen molar-refractivity contribution in [3.63, 3.8) is 0 Å². The highest BCUT2D eigenvalue weighted by molar-refractivity contribution is 9.10. The van der Waals surface area contributed by atoms with Crippen molar-refractivity contribution < 1.29 is 8.78 Å². The van der Waals surface area contributed by atoms with E-state index in [1.807, 2.05) is 0 Å². The van der Waals surface area contributed by atoms with Gasteiger partial charge >= 0.3 is 0 Å². The van der Waals surface area contributed by atoms with Gasteiger partial charge < -0.3 is 0 Å². The molecule has 14 heavy (non-hydrogen) atoms. The fraction of sp³-hybridized carbons (Fsp3) is 0.111. The summed E-state index contributed by atoms with van der Waals surface area (Å²) in [6.07, 6.45) is -2.50. The molecule has 0 nitrogen and oxygen atoms in total. The van der Waals surface area contributed by atoms with Gasteiger partial charge in [-0.3, -0.25) is 0 Å². The molecule has 0 radical (unpaired) electrons. The quantitative estimate of drug-likeness (QED) is 0.674. The van der Waals surface area contributed by atoms with E-state index in [1.54, 1.807) is 11.4 Å². The first-order valence-electron chi connectivity index (χ1n) is 3.74. The third-order valence-corrected chi connectivity index (χ3v) is 3.94. The van der Waals surface area contributed by atoms with Crippen molar-refractivity contribution in [3.05, 3.63) is 32.6 Å². The van der Waals surface area contributed by atoms with Gasteiger partial charge in [0.2, 0.25) is 0 Å². The van der Waals surface area contributed by atoms with Gasteiger partial charge in [-0.25, -0.2) is 8.78 Å². The zero-order valence-electron chi connectivity index (χ0n) is 6.73. The molecule has 0 N–H and O–H groups in total. The molecule has 0 aliphatic carbocycles. The molecule has 2 aromatic rings. The van der Waals surface area contributed by atoms with E-state index in [-0.39, 0.29) is 5.56 Å². The highest BCUT2D eigenvalue weighted by Crippen LogP contribution is 2.38. The Labute approximate surface area is 96.6 Å². The van der Waals surface area contributed by atoms with Gasteiger partial charge in [0.25, 0.3) is 6.43 Å². The van der Waals surface area contributed by atoms with Gasteiger partial charge in [0.1, 0.15) is 0 Å². The van der Waals surface area contributed by atoms with Crippen molar-refractivity contribution in [1.82, 2.24) is 0 Å². The molecule has 0 saturated carbocycles. The molecule has 0 unspecified atom stereocenters. The summed E-state index contributed by atoms with van der Waals surface area (Å²) in [6.45, 7) is 0. The van der Waals surface area contributed by atoms with Gasteiger partial charge in [0.05, 0.1) is 0 Å². The van der Waals surface area contributed by atoms with Crippen LogP contribution in [0.15, 0.2) is 22.0 Å². The van der Waals surface area contributed by atoms with Crippen molar-refractivity contribution >= 4 is 49.0 Å². The monoisotopic (exact) mass is 296 g/mol. The lowest BCUT2D eigenvalue weighted by Gasteiger charge is -2.03. The lowest BCUT2D eigenvalue weighted by molar-refractivity contribution is 0.153. The molecule has 1 aromatic carbocycles. The van der Waals surface area contributed by atoms with Crippen LogP contribution >= 0.6 is 38.9 Å². The van der Waals surface area contributed by atoms with Gasteiger partial charge in [-0.1, -0.05) is 11.6 Å². The predicted octanol–water partition coefficient (Wildman–Crippen LogP) is 5.25. The van der Waals surface area contributed by atoms with Gasteiger partial charge in [-0.05, 0) is 28.1 Å². The first kappa shape index (κ1) is 10.3. The first-order chi connectivity index (χ1) is 6.59. The van der Waals surface area contributed by atoms with Gasteiger partial charge in [-0.15, -0.1) is 11.3 Å². The van der Waals surface area contributed by atoms with E-state index in [0.29, 0.717) is 14.9 Å². The normalized spacial score (nSPS) is 11.5. The Morgan fingerprint density at radius 3 is 2.71 bits per heavy atom. The zero-order chi connectivity index (χ0) is 10.3. The van der Waals surface area contributed by atoms with Crippen LogP contribution in [0.3, 0.4) is 0 Å². The fourth-order valence-corrected chi connectivity index (χ4v) is 3.33. The third-order valence-electron chi connectivity index (χ3n) is 1.86. The van der Waals surface area contributed by atoms with Crippen LogP contribution in [0.25, 0.3) is 10.1 Å². The van der Waals surface area contributed by atoms with Crippen LogP contribution in [0.1, 0.15) is 12.0 Å². The second-order valence-electron chi connectivity index (χ2n) is 2.75. The van der Waals surface area contributed by atoms with Crippen molar-refractivity contribution in [3.8, 4) is 0 Å². The molecule has 0 amide bonds. The molecule has 0 aliphatic heterocycles. The average molecular weight is 298 g/mol. The van der Waals surface area contributed by atoms with Crippen LogP contribution in [-0.4, -0.2) is 0 Å². The molecule has 74 valence electrons. The van der Waals surface area contributed by atoms with Crippen LogP contribution in [0.4, 0.5) is 8.78 Å². The van der Waals surface area contributed by atoms with E-state index < -0.39 is 6.43 Å². The van der Waals surface area contributed by atoms with Crippen molar-refractivity contribution in [2.45, 2.75) is 6.43 Å². The largest absolute Gasteiger partial charge is 0.264 e. The summed E-state index contributed by atoms with van der Waals surface area (Å²) in [4.78, 5) is 0. The Hall–Kier alpha value is -0.190. The van der Waals surface area contributed by atoms with Crippen LogP contribution in [0.5, 0.6) is 0 Å². The standard InChI is InChI=1S/C9H4BrClF2S/c10-6-3-14-7-2-4(11)1-5(8(6)7)9(12)13/h1-3,9H. The van der Waals surface area contributed by atoms with Crippen LogP contribution in [0, 0.1) is 0 Å². The summed E-state index contributed by atoms with van der Waals surface area (Å²) < 4.78 is 26.8. The second kappa shape index (κ2) is 3.76. The molecule has 0 atom stereocenters. The average Bonchev–Trinajstić information content (AvgIpc) is 2.46. The van der Waals surface area contributed by atoms with E-state index in [1.165, 1.54) is 17.4 Å². The fourth-order valence-electron chi connectivity index (χ4n) is 1.30. The van der Waals surface area contributed by atoms with Crippen molar-refractivity contribution in [2.24, 2.45) is 0 Å². The zero-order valence-corrected chi connectivity index (χ0v) is 9.89. The maximum absolute atomic E-state index is 12.7. The van der Waals surface area contributed by atoms with E-state index >= 15 is 0 Å². The number of hydrogen-bond donors (Lipinski definition) is 0. The molecular weight excluding hydrogens is 294 g/mol. The Balaban J connectivity index is 2.83. The maximum Gasteiger partial charge on any atom is 0.264 e. The minimum atomic E-state index is -2.50. The first-order valence-corrected chi connectivity index (χ1v) is 5.79. The number of alkyl halides is 2. The summed E-state index contributed by atoms with van der Waals surface area (Å²) in [5.74, 6) is 0. The summed E-state index contributed by atoms with van der Waals surface area (Å²) >= 11 is 10.4. The number of thiophene rings is 1. The van der Waals surface area contributed by atoms with Crippen LogP contribution in [0.2, 0.25) is 5.02 Å². The van der Waals surface area contributed by atoms with Gasteiger partial charge in [0.15, 0.2) is 0 Å². The molecule has 1 aromatic heterocycles. The Kier molecular flexibility index (Phi) is 2.77. The minimum absolute atomic E-state index is 0.0133. The second-order valence-corrected chi connectivity index (χ2v) is 4.95. The Morgan fingerprint density at radius 2 is 2.07 bits per heavy atom. The molecule has 5 heteroatoms. The number of rotatable bonds is 1. The number of benzene rings is 1. The topological polar surface area (TPSA) is 0 Å². The maximum atomic E-state index is 12.7. The van der Waals surface area contributed by atoms with E-state index in [4.69, 9.17) is 11.6 Å². The van der Waals surface area contributed by atoms with Crippen LogP contribution in [-0.2, 0) is 0 Å². The lowest BCUT2D eigenvalue weighted by atomic mass is 10.1. The van der Waals surface area contributed by atoms with Gasteiger partial charge in [0, 0.05) is 30.5 Å². The van der Waals surface area contributed by atoms with E-state index in [2.05, 4.69) is 15.9 Å². The number of halogens is 4.